The van der Waals surface area contributed by atoms with Crippen molar-refractivity contribution in [2.45, 2.75) is 58.4 Å². The third kappa shape index (κ3) is 3.10. The number of nitrogens with one attached hydrogen (secondary N) is 1. The van der Waals surface area contributed by atoms with Crippen LogP contribution in [0.1, 0.15) is 49.8 Å². The molecule has 1 saturated carbocycles. The maximum absolute atomic E-state index is 12.7. The molecule has 1 unspecified atom stereocenters. The Bertz CT molecular complexity index is 779. The van der Waals surface area contributed by atoms with Crippen LogP contribution in [0.15, 0.2) is 10.7 Å². The molecule has 1 aliphatic heterocycles. The van der Waals surface area contributed by atoms with E-state index in [0.29, 0.717) is 18.3 Å². The van der Waals surface area contributed by atoms with Gasteiger partial charge in [0, 0.05) is 24.7 Å². The monoisotopic (exact) mass is 342 g/mol. The van der Waals surface area contributed by atoms with Gasteiger partial charge in [0.15, 0.2) is 0 Å². The Hall–Kier alpha value is -2.11. The zero-order valence-electron chi connectivity index (χ0n) is 15.0. The second-order valence-electron chi connectivity index (χ2n) is 7.44. The summed E-state index contributed by atoms with van der Waals surface area (Å²) >= 11 is 0. The number of amides is 1. The summed E-state index contributed by atoms with van der Waals surface area (Å²) in [6.07, 6.45) is 8.24. The zero-order chi connectivity index (χ0) is 17.4. The Morgan fingerprint density at radius 3 is 2.80 bits per heavy atom. The standard InChI is InChI=1S/C19H26N4O2/c1-12-13(2)25-19-16(12)17(20-11-21-19)23-9-5-6-14(10-23)18(24)22-15-7-3-4-8-15/h11,14-15H,3-10H2,1-2H3,(H,22,24). The summed E-state index contributed by atoms with van der Waals surface area (Å²) in [5.41, 5.74) is 1.72. The van der Waals surface area contributed by atoms with Gasteiger partial charge in [-0.15, -0.1) is 0 Å². The van der Waals surface area contributed by atoms with Crippen LogP contribution in [0, 0.1) is 19.8 Å². The highest BCUT2D eigenvalue weighted by Crippen LogP contribution is 2.32. The summed E-state index contributed by atoms with van der Waals surface area (Å²) in [6, 6.07) is 0.382. The Morgan fingerprint density at radius 2 is 2.00 bits per heavy atom. The molecule has 6 heteroatoms. The quantitative estimate of drug-likeness (QED) is 0.928. The second kappa shape index (κ2) is 6.65. The molecule has 0 bridgehead atoms. The molecule has 2 aromatic heterocycles. The highest BCUT2D eigenvalue weighted by molar-refractivity contribution is 5.90. The molecule has 3 heterocycles. The van der Waals surface area contributed by atoms with Crippen LogP contribution in [0.5, 0.6) is 0 Å². The number of hydrogen-bond donors (Lipinski definition) is 1. The number of hydrogen-bond acceptors (Lipinski definition) is 5. The molecule has 25 heavy (non-hydrogen) atoms. The summed E-state index contributed by atoms with van der Waals surface area (Å²) in [5.74, 6) is 2.02. The van der Waals surface area contributed by atoms with Gasteiger partial charge in [0.05, 0.1) is 11.3 Å². The number of fused-ring (bicyclic) bond motifs is 1. The van der Waals surface area contributed by atoms with Crippen molar-refractivity contribution in [3.63, 3.8) is 0 Å². The van der Waals surface area contributed by atoms with Gasteiger partial charge in [0.1, 0.15) is 17.9 Å². The van der Waals surface area contributed by atoms with Gasteiger partial charge in [-0.25, -0.2) is 9.97 Å². The zero-order valence-corrected chi connectivity index (χ0v) is 15.0. The van der Waals surface area contributed by atoms with Crippen molar-refractivity contribution in [1.82, 2.24) is 15.3 Å². The molecule has 1 aliphatic carbocycles. The van der Waals surface area contributed by atoms with Crippen molar-refractivity contribution in [2.75, 3.05) is 18.0 Å². The number of anilines is 1. The van der Waals surface area contributed by atoms with Gasteiger partial charge in [-0.3, -0.25) is 4.79 Å². The maximum atomic E-state index is 12.7. The third-order valence-corrected chi connectivity index (χ3v) is 5.74. The van der Waals surface area contributed by atoms with E-state index in [1.165, 1.54) is 12.8 Å². The second-order valence-corrected chi connectivity index (χ2v) is 7.44. The fraction of sp³-hybridized carbons (Fsp3) is 0.632. The van der Waals surface area contributed by atoms with E-state index in [9.17, 15) is 4.79 Å². The van der Waals surface area contributed by atoms with Crippen LogP contribution < -0.4 is 10.2 Å². The lowest BCUT2D eigenvalue weighted by molar-refractivity contribution is -0.125. The van der Waals surface area contributed by atoms with Gasteiger partial charge in [-0.1, -0.05) is 12.8 Å². The lowest BCUT2D eigenvalue weighted by Gasteiger charge is -2.33. The molecule has 1 saturated heterocycles. The van der Waals surface area contributed by atoms with E-state index >= 15 is 0 Å². The molecule has 0 spiro atoms. The molecule has 2 fully saturated rings. The lowest BCUT2D eigenvalue weighted by Crippen LogP contribution is -2.45. The van der Waals surface area contributed by atoms with Crippen LogP contribution in [0.3, 0.4) is 0 Å². The number of aryl methyl sites for hydroxylation is 2. The summed E-state index contributed by atoms with van der Waals surface area (Å²) < 4.78 is 5.74. The summed E-state index contributed by atoms with van der Waals surface area (Å²) in [7, 11) is 0. The van der Waals surface area contributed by atoms with E-state index in [4.69, 9.17) is 4.42 Å². The first-order chi connectivity index (χ1) is 12.1. The number of carbonyl (C=O) groups is 1. The van der Waals surface area contributed by atoms with Crippen molar-refractivity contribution in [2.24, 2.45) is 5.92 Å². The number of carbonyl (C=O) groups excluding carboxylic acids is 1. The molecular formula is C19H26N4O2. The lowest BCUT2D eigenvalue weighted by atomic mass is 9.96. The van der Waals surface area contributed by atoms with Crippen LogP contribution in [-0.2, 0) is 4.79 Å². The van der Waals surface area contributed by atoms with Gasteiger partial charge in [-0.2, -0.15) is 0 Å². The van der Waals surface area contributed by atoms with Gasteiger partial charge in [0.2, 0.25) is 11.6 Å². The highest BCUT2D eigenvalue weighted by Gasteiger charge is 2.30. The van der Waals surface area contributed by atoms with E-state index in [0.717, 1.165) is 54.8 Å². The average molecular weight is 342 g/mol. The topological polar surface area (TPSA) is 71.3 Å². The molecule has 1 amide bonds. The molecule has 2 aliphatic rings. The summed E-state index contributed by atoms with van der Waals surface area (Å²) in [4.78, 5) is 23.7. The number of nitrogens with zero attached hydrogens (tertiary/aromatic N) is 3. The number of piperidine rings is 1. The fourth-order valence-corrected chi connectivity index (χ4v) is 4.18. The Kier molecular flexibility index (Phi) is 4.36. The molecular weight excluding hydrogens is 316 g/mol. The molecule has 1 N–H and O–H groups in total. The third-order valence-electron chi connectivity index (χ3n) is 5.74. The number of rotatable bonds is 3. The van der Waals surface area contributed by atoms with Crippen LogP contribution in [-0.4, -0.2) is 35.0 Å². The number of furan rings is 1. The molecule has 2 aromatic rings. The molecule has 4 rings (SSSR count). The largest absolute Gasteiger partial charge is 0.443 e. The predicted molar refractivity (Wildman–Crippen MR) is 96.6 cm³/mol. The molecule has 6 nitrogen and oxygen atoms in total. The minimum absolute atomic E-state index is 0.0349. The highest BCUT2D eigenvalue weighted by atomic mass is 16.3. The van der Waals surface area contributed by atoms with Crippen LogP contribution in [0.2, 0.25) is 0 Å². The minimum Gasteiger partial charge on any atom is -0.443 e. The summed E-state index contributed by atoms with van der Waals surface area (Å²) in [6.45, 7) is 5.63. The Labute approximate surface area is 148 Å². The number of aromatic nitrogens is 2. The Morgan fingerprint density at radius 1 is 1.20 bits per heavy atom. The van der Waals surface area contributed by atoms with Crippen LogP contribution >= 0.6 is 0 Å². The van der Waals surface area contributed by atoms with Gasteiger partial charge in [0.25, 0.3) is 0 Å². The smallest absolute Gasteiger partial charge is 0.231 e. The van der Waals surface area contributed by atoms with E-state index < -0.39 is 0 Å². The average Bonchev–Trinajstić information content (AvgIpc) is 3.23. The van der Waals surface area contributed by atoms with Crippen molar-refractivity contribution in [3.8, 4) is 0 Å². The minimum atomic E-state index is 0.0349. The van der Waals surface area contributed by atoms with Gasteiger partial charge in [-0.05, 0) is 39.5 Å². The maximum Gasteiger partial charge on any atom is 0.231 e. The first-order valence-corrected chi connectivity index (χ1v) is 9.39. The molecule has 0 radical (unpaired) electrons. The summed E-state index contributed by atoms with van der Waals surface area (Å²) in [5, 5.41) is 4.24. The molecule has 0 aromatic carbocycles. The van der Waals surface area contributed by atoms with Crippen LogP contribution in [0.25, 0.3) is 11.1 Å². The SMILES string of the molecule is Cc1oc2ncnc(N3CCCC(C(=O)NC4CCCC4)C3)c2c1C. The Balaban J connectivity index is 1.54. The van der Waals surface area contributed by atoms with Gasteiger partial charge >= 0.3 is 0 Å². The fourth-order valence-electron chi connectivity index (χ4n) is 4.18. The normalized spacial score (nSPS) is 21.8. The van der Waals surface area contributed by atoms with Crippen molar-refractivity contribution >= 4 is 22.8 Å². The first kappa shape index (κ1) is 16.4. The van der Waals surface area contributed by atoms with Crippen molar-refractivity contribution in [1.29, 1.82) is 0 Å². The van der Waals surface area contributed by atoms with E-state index in [1.54, 1.807) is 6.33 Å². The van der Waals surface area contributed by atoms with Gasteiger partial charge < -0.3 is 14.6 Å². The predicted octanol–water partition coefficient (Wildman–Crippen LogP) is 3.11. The van der Waals surface area contributed by atoms with Crippen molar-refractivity contribution in [3.05, 3.63) is 17.7 Å². The first-order valence-electron chi connectivity index (χ1n) is 9.39. The van der Waals surface area contributed by atoms with E-state index in [2.05, 4.69) is 20.2 Å². The van der Waals surface area contributed by atoms with E-state index in [1.807, 2.05) is 13.8 Å². The van der Waals surface area contributed by atoms with E-state index in [-0.39, 0.29) is 11.8 Å². The van der Waals surface area contributed by atoms with Crippen LogP contribution in [0.4, 0.5) is 5.82 Å². The molecule has 134 valence electrons. The van der Waals surface area contributed by atoms with Crippen molar-refractivity contribution < 1.29 is 9.21 Å². The molecule has 1 atom stereocenters.